The summed E-state index contributed by atoms with van der Waals surface area (Å²) in [5, 5.41) is 0. The largest absolute Gasteiger partial charge is 0.461 e. The molecule has 4 unspecified atom stereocenters. The highest BCUT2D eigenvalue weighted by molar-refractivity contribution is 5.83. The third kappa shape index (κ3) is 2.93. The molecule has 1 aliphatic heterocycles. The third-order valence-electron chi connectivity index (χ3n) is 3.91. The molecular weight excluding hydrogens is 260 g/mol. The van der Waals surface area contributed by atoms with Crippen molar-refractivity contribution in [2.45, 2.75) is 31.5 Å². The van der Waals surface area contributed by atoms with E-state index in [9.17, 15) is 9.59 Å². The lowest BCUT2D eigenvalue weighted by Crippen LogP contribution is -2.40. The van der Waals surface area contributed by atoms with Crippen LogP contribution in [0.3, 0.4) is 0 Å². The van der Waals surface area contributed by atoms with Crippen LogP contribution in [-0.2, 0) is 23.8 Å². The van der Waals surface area contributed by atoms with Crippen molar-refractivity contribution < 1.29 is 23.8 Å². The van der Waals surface area contributed by atoms with Crippen LogP contribution in [0.5, 0.6) is 0 Å². The van der Waals surface area contributed by atoms with Crippen molar-refractivity contribution in [2.75, 3.05) is 13.2 Å². The Morgan fingerprint density at radius 3 is 2.30 bits per heavy atom. The molecule has 0 spiro atoms. The van der Waals surface area contributed by atoms with Crippen molar-refractivity contribution in [1.82, 2.24) is 0 Å². The lowest BCUT2D eigenvalue weighted by atomic mass is 9.74. The van der Waals surface area contributed by atoms with Gasteiger partial charge < -0.3 is 14.2 Å². The van der Waals surface area contributed by atoms with Crippen LogP contribution in [0.4, 0.5) is 0 Å². The Balaban J connectivity index is 2.05. The van der Waals surface area contributed by atoms with Crippen molar-refractivity contribution in [3.8, 4) is 0 Å². The molecule has 110 valence electrons. The van der Waals surface area contributed by atoms with Gasteiger partial charge in [0.15, 0.2) is 0 Å². The number of rotatable bonds is 6. The van der Waals surface area contributed by atoms with E-state index in [1.54, 1.807) is 0 Å². The summed E-state index contributed by atoms with van der Waals surface area (Å²) in [4.78, 5) is 24.2. The van der Waals surface area contributed by atoms with E-state index < -0.39 is 11.8 Å². The highest BCUT2D eigenvalue weighted by Crippen LogP contribution is 2.52. The van der Waals surface area contributed by atoms with Gasteiger partial charge >= 0.3 is 11.9 Å². The quantitative estimate of drug-likeness (QED) is 0.420. The number of ether oxygens (including phenoxy) is 3. The predicted octanol–water partition coefficient (Wildman–Crippen LogP) is 1.63. The Bertz CT molecular complexity index is 430. The lowest BCUT2D eigenvalue weighted by molar-refractivity contribution is -0.161. The average molecular weight is 280 g/mol. The molecule has 1 saturated carbocycles. The maximum atomic E-state index is 12.1. The first-order valence-electron chi connectivity index (χ1n) is 6.74. The third-order valence-corrected chi connectivity index (χ3v) is 3.91. The van der Waals surface area contributed by atoms with Gasteiger partial charge in [-0.15, -0.1) is 0 Å². The van der Waals surface area contributed by atoms with Crippen LogP contribution in [0.25, 0.3) is 0 Å². The molecular formula is C15H20O5. The summed E-state index contributed by atoms with van der Waals surface area (Å²) in [6.07, 6.45) is 4.03. The van der Waals surface area contributed by atoms with Gasteiger partial charge in [0.05, 0.1) is 23.5 Å². The molecule has 2 aliphatic rings. The van der Waals surface area contributed by atoms with E-state index in [2.05, 4.69) is 13.2 Å². The van der Waals surface area contributed by atoms with Gasteiger partial charge in [0.2, 0.25) is 0 Å². The van der Waals surface area contributed by atoms with Crippen molar-refractivity contribution in [1.29, 1.82) is 0 Å². The number of esters is 2. The van der Waals surface area contributed by atoms with E-state index in [0.29, 0.717) is 12.8 Å². The molecule has 1 aliphatic carbocycles. The Hall–Kier alpha value is -1.62. The van der Waals surface area contributed by atoms with Crippen LogP contribution in [0.1, 0.15) is 19.8 Å². The summed E-state index contributed by atoms with van der Waals surface area (Å²) in [7, 11) is 0. The fourth-order valence-corrected chi connectivity index (χ4v) is 2.75. The van der Waals surface area contributed by atoms with Gasteiger partial charge in [-0.25, -0.2) is 0 Å². The standard InChI is InChI=1S/C15H20O5/c1-4-6-18-13(16)10-8-12-15(3,20-12)9-11(10)14(17)19-7-5-2/h4-5,10-12H,1-2,6-9H2,3H3. The van der Waals surface area contributed by atoms with Crippen molar-refractivity contribution in [2.24, 2.45) is 11.8 Å². The molecule has 2 fully saturated rings. The summed E-state index contributed by atoms with van der Waals surface area (Å²) in [6, 6.07) is 0. The van der Waals surface area contributed by atoms with Crippen LogP contribution in [0, 0.1) is 11.8 Å². The van der Waals surface area contributed by atoms with Crippen LogP contribution >= 0.6 is 0 Å². The molecule has 0 aromatic heterocycles. The smallest absolute Gasteiger partial charge is 0.310 e. The first-order chi connectivity index (χ1) is 9.51. The Labute approximate surface area is 118 Å². The first-order valence-corrected chi connectivity index (χ1v) is 6.74. The minimum atomic E-state index is -0.518. The normalized spacial score (nSPS) is 34.5. The molecule has 20 heavy (non-hydrogen) atoms. The monoisotopic (exact) mass is 280 g/mol. The minimum Gasteiger partial charge on any atom is -0.461 e. The van der Waals surface area contributed by atoms with Gasteiger partial charge in [0, 0.05) is 0 Å². The summed E-state index contributed by atoms with van der Waals surface area (Å²) < 4.78 is 15.7. The van der Waals surface area contributed by atoms with E-state index in [-0.39, 0.29) is 36.9 Å². The zero-order chi connectivity index (χ0) is 14.8. The predicted molar refractivity (Wildman–Crippen MR) is 71.8 cm³/mol. The number of fused-ring (bicyclic) bond motifs is 1. The molecule has 5 nitrogen and oxygen atoms in total. The van der Waals surface area contributed by atoms with E-state index >= 15 is 0 Å². The van der Waals surface area contributed by atoms with Crippen molar-refractivity contribution >= 4 is 11.9 Å². The number of epoxide rings is 1. The maximum absolute atomic E-state index is 12.1. The fourth-order valence-electron chi connectivity index (χ4n) is 2.75. The van der Waals surface area contributed by atoms with Crippen LogP contribution in [0.15, 0.2) is 25.3 Å². The van der Waals surface area contributed by atoms with Gasteiger partial charge in [-0.3, -0.25) is 9.59 Å². The molecule has 1 heterocycles. The first kappa shape index (κ1) is 14.8. The molecule has 0 amide bonds. The topological polar surface area (TPSA) is 65.1 Å². The van der Waals surface area contributed by atoms with Gasteiger partial charge in [-0.2, -0.15) is 0 Å². The van der Waals surface area contributed by atoms with E-state index in [1.165, 1.54) is 12.2 Å². The Morgan fingerprint density at radius 1 is 1.20 bits per heavy atom. The molecule has 0 aromatic carbocycles. The van der Waals surface area contributed by atoms with Crippen LogP contribution in [-0.4, -0.2) is 36.9 Å². The summed E-state index contributed by atoms with van der Waals surface area (Å²) in [5.41, 5.74) is -0.299. The Kier molecular flexibility index (Phi) is 4.28. The van der Waals surface area contributed by atoms with E-state index in [4.69, 9.17) is 14.2 Å². The van der Waals surface area contributed by atoms with Gasteiger partial charge in [-0.1, -0.05) is 25.3 Å². The number of carbonyl (C=O) groups is 2. The number of carbonyl (C=O) groups excluding carboxylic acids is 2. The highest BCUT2D eigenvalue weighted by atomic mass is 16.6. The number of hydrogen-bond acceptors (Lipinski definition) is 5. The molecule has 5 heteroatoms. The average Bonchev–Trinajstić information content (AvgIpc) is 3.10. The van der Waals surface area contributed by atoms with Crippen molar-refractivity contribution in [3.05, 3.63) is 25.3 Å². The van der Waals surface area contributed by atoms with Crippen LogP contribution in [0.2, 0.25) is 0 Å². The van der Waals surface area contributed by atoms with Gasteiger partial charge in [0.1, 0.15) is 13.2 Å². The lowest BCUT2D eigenvalue weighted by Gasteiger charge is -2.28. The second-order valence-electron chi connectivity index (χ2n) is 5.41. The zero-order valence-corrected chi connectivity index (χ0v) is 11.7. The Morgan fingerprint density at radius 2 is 1.75 bits per heavy atom. The number of hydrogen-bond donors (Lipinski definition) is 0. The molecule has 0 bridgehead atoms. The fraction of sp³-hybridized carbons (Fsp3) is 0.600. The maximum Gasteiger partial charge on any atom is 0.310 e. The zero-order valence-electron chi connectivity index (χ0n) is 11.7. The SMILES string of the molecule is C=CCOC(=O)C1CC2OC2(C)CC1C(=O)OCC=C. The van der Waals surface area contributed by atoms with Crippen LogP contribution < -0.4 is 0 Å². The minimum absolute atomic E-state index is 0.0345. The van der Waals surface area contributed by atoms with E-state index in [0.717, 1.165) is 0 Å². The van der Waals surface area contributed by atoms with Gasteiger partial charge in [0.25, 0.3) is 0 Å². The highest BCUT2D eigenvalue weighted by Gasteiger charge is 2.61. The summed E-state index contributed by atoms with van der Waals surface area (Å²) in [5.74, 6) is -1.80. The second-order valence-corrected chi connectivity index (χ2v) is 5.41. The molecule has 0 N–H and O–H groups in total. The van der Waals surface area contributed by atoms with Crippen molar-refractivity contribution in [3.63, 3.8) is 0 Å². The second kappa shape index (κ2) is 5.79. The van der Waals surface area contributed by atoms with E-state index in [1.807, 2.05) is 6.92 Å². The van der Waals surface area contributed by atoms with Gasteiger partial charge in [-0.05, 0) is 19.8 Å². The molecule has 0 aromatic rings. The summed E-state index contributed by atoms with van der Waals surface area (Å²) in [6.45, 7) is 9.25. The molecule has 1 saturated heterocycles. The molecule has 4 atom stereocenters. The molecule has 2 rings (SSSR count). The molecule has 0 radical (unpaired) electrons. The summed E-state index contributed by atoms with van der Waals surface area (Å²) >= 11 is 0.